The van der Waals surface area contributed by atoms with Crippen LogP contribution in [0, 0.1) is 0 Å². The molecule has 0 saturated heterocycles. The molecular formula is C24H17N5OS. The second-order valence-corrected chi connectivity index (χ2v) is 8.39. The zero-order chi connectivity index (χ0) is 20.8. The summed E-state index contributed by atoms with van der Waals surface area (Å²) in [4.78, 5) is 21.0. The van der Waals surface area contributed by atoms with Crippen molar-refractivity contribution in [1.82, 2.24) is 24.7 Å². The molecule has 0 radical (unpaired) electrons. The van der Waals surface area contributed by atoms with Gasteiger partial charge in [0.15, 0.2) is 5.65 Å². The number of nitrogens with zero attached hydrogens (tertiary/aromatic N) is 4. The molecule has 0 amide bonds. The first-order chi connectivity index (χ1) is 15.3. The molecule has 6 nitrogen and oxygen atoms in total. The first kappa shape index (κ1) is 18.1. The molecule has 7 heteroatoms. The highest BCUT2D eigenvalue weighted by atomic mass is 32.2. The lowest BCUT2D eigenvalue weighted by molar-refractivity contribution is 0.0920. The van der Waals surface area contributed by atoms with Crippen LogP contribution < -0.4 is 0 Å². The van der Waals surface area contributed by atoms with Crippen molar-refractivity contribution in [1.29, 1.82) is 0 Å². The van der Waals surface area contributed by atoms with E-state index in [1.165, 1.54) is 11.8 Å². The Kier molecular flexibility index (Phi) is 4.21. The van der Waals surface area contributed by atoms with E-state index in [0.717, 1.165) is 38.2 Å². The summed E-state index contributed by atoms with van der Waals surface area (Å²) in [5, 5.41) is 12.4. The standard InChI is InChI=1S/C24H17N5OS/c30-21(29-19-11-5-2-7-15(19)16-8-3-6-12-20(16)29)13-14-31-24-26-23-22(27-28-24)17-9-1-4-10-18(17)25-23/h1-12H,13-14H2,(H,25,26,28). The minimum atomic E-state index is 0.0598. The van der Waals surface area contributed by atoms with Gasteiger partial charge in [0.2, 0.25) is 11.1 Å². The highest BCUT2D eigenvalue weighted by Gasteiger charge is 2.16. The predicted molar refractivity (Wildman–Crippen MR) is 125 cm³/mol. The number of carbonyl (C=O) groups is 1. The van der Waals surface area contributed by atoms with Crippen LogP contribution in [0.15, 0.2) is 78.0 Å². The number of rotatable bonds is 4. The van der Waals surface area contributed by atoms with E-state index in [-0.39, 0.29) is 5.91 Å². The van der Waals surface area contributed by atoms with Crippen molar-refractivity contribution >= 4 is 61.5 Å². The van der Waals surface area contributed by atoms with Crippen molar-refractivity contribution in [3.05, 3.63) is 72.8 Å². The molecule has 6 rings (SSSR count). The van der Waals surface area contributed by atoms with Gasteiger partial charge in [0, 0.05) is 33.8 Å². The highest BCUT2D eigenvalue weighted by molar-refractivity contribution is 7.99. The van der Waals surface area contributed by atoms with Gasteiger partial charge in [-0.1, -0.05) is 66.4 Å². The molecular weight excluding hydrogens is 406 g/mol. The van der Waals surface area contributed by atoms with Gasteiger partial charge < -0.3 is 4.98 Å². The van der Waals surface area contributed by atoms with Crippen LogP contribution in [0.2, 0.25) is 0 Å². The Morgan fingerprint density at radius 3 is 2.23 bits per heavy atom. The number of benzene rings is 3. The van der Waals surface area contributed by atoms with Gasteiger partial charge in [-0.2, -0.15) is 0 Å². The number of para-hydroxylation sites is 3. The van der Waals surface area contributed by atoms with Gasteiger partial charge in [0.05, 0.1) is 11.0 Å². The van der Waals surface area contributed by atoms with E-state index < -0.39 is 0 Å². The number of aromatic amines is 1. The minimum Gasteiger partial charge on any atom is -0.338 e. The van der Waals surface area contributed by atoms with Crippen molar-refractivity contribution in [3.8, 4) is 0 Å². The molecule has 0 aliphatic carbocycles. The van der Waals surface area contributed by atoms with Gasteiger partial charge in [0.1, 0.15) is 5.52 Å². The Morgan fingerprint density at radius 1 is 0.839 bits per heavy atom. The molecule has 1 N–H and O–H groups in total. The van der Waals surface area contributed by atoms with Crippen LogP contribution in [-0.2, 0) is 0 Å². The smallest absolute Gasteiger partial charge is 0.232 e. The van der Waals surface area contributed by atoms with Crippen LogP contribution >= 0.6 is 11.8 Å². The predicted octanol–water partition coefficient (Wildman–Crippen LogP) is 5.44. The summed E-state index contributed by atoms with van der Waals surface area (Å²) in [7, 11) is 0. The molecule has 0 aliphatic rings. The zero-order valence-corrected chi connectivity index (χ0v) is 17.3. The van der Waals surface area contributed by atoms with Crippen molar-refractivity contribution in [2.24, 2.45) is 0 Å². The summed E-state index contributed by atoms with van der Waals surface area (Å²) in [6, 6.07) is 24.0. The quantitative estimate of drug-likeness (QED) is 0.382. The van der Waals surface area contributed by atoms with E-state index in [0.29, 0.717) is 23.0 Å². The number of nitrogens with one attached hydrogen (secondary N) is 1. The third-order valence-electron chi connectivity index (χ3n) is 5.48. The first-order valence-electron chi connectivity index (χ1n) is 10.0. The third kappa shape index (κ3) is 2.97. The van der Waals surface area contributed by atoms with E-state index in [4.69, 9.17) is 0 Å². The maximum absolute atomic E-state index is 13.1. The van der Waals surface area contributed by atoms with Gasteiger partial charge in [0.25, 0.3) is 0 Å². The topological polar surface area (TPSA) is 76.5 Å². The third-order valence-corrected chi connectivity index (χ3v) is 6.32. The van der Waals surface area contributed by atoms with Crippen molar-refractivity contribution in [2.75, 3.05) is 5.75 Å². The average molecular weight is 424 g/mol. The maximum Gasteiger partial charge on any atom is 0.232 e. The van der Waals surface area contributed by atoms with Gasteiger partial charge in [-0.15, -0.1) is 10.2 Å². The number of H-pyrrole nitrogens is 1. The second kappa shape index (κ2) is 7.21. The summed E-state index contributed by atoms with van der Waals surface area (Å²) >= 11 is 1.44. The lowest BCUT2D eigenvalue weighted by atomic mass is 10.2. The Bertz CT molecular complexity index is 1550. The van der Waals surface area contributed by atoms with E-state index >= 15 is 0 Å². The van der Waals surface area contributed by atoms with Gasteiger partial charge in [-0.3, -0.25) is 9.36 Å². The summed E-state index contributed by atoms with van der Waals surface area (Å²) in [6.45, 7) is 0. The molecule has 0 fully saturated rings. The SMILES string of the molecule is O=C(CCSc1nnc2c(n1)[nH]c1ccccc12)n1c2ccccc2c2ccccc21. The summed E-state index contributed by atoms with van der Waals surface area (Å²) < 4.78 is 1.82. The summed E-state index contributed by atoms with van der Waals surface area (Å²) in [5.41, 5.74) is 4.35. The monoisotopic (exact) mass is 423 g/mol. The minimum absolute atomic E-state index is 0.0598. The van der Waals surface area contributed by atoms with Crippen LogP contribution in [-0.4, -0.2) is 36.4 Å². The number of thioether (sulfide) groups is 1. The Balaban J connectivity index is 1.25. The molecule has 6 aromatic rings. The molecule has 0 aliphatic heterocycles. The molecule has 150 valence electrons. The van der Waals surface area contributed by atoms with Crippen LogP contribution in [0.3, 0.4) is 0 Å². The normalized spacial score (nSPS) is 11.7. The molecule has 0 spiro atoms. The molecule has 3 heterocycles. The van der Waals surface area contributed by atoms with Gasteiger partial charge in [-0.25, -0.2) is 4.98 Å². The maximum atomic E-state index is 13.1. The Labute approximate surface area is 181 Å². The fraction of sp³-hybridized carbons (Fsp3) is 0.0833. The zero-order valence-electron chi connectivity index (χ0n) is 16.4. The molecule has 0 saturated carbocycles. The second-order valence-electron chi connectivity index (χ2n) is 7.32. The van der Waals surface area contributed by atoms with E-state index in [1.807, 2.05) is 65.2 Å². The molecule has 3 aromatic carbocycles. The number of hydrogen-bond donors (Lipinski definition) is 1. The lowest BCUT2D eigenvalue weighted by Gasteiger charge is -2.05. The van der Waals surface area contributed by atoms with Crippen molar-refractivity contribution < 1.29 is 4.79 Å². The summed E-state index contributed by atoms with van der Waals surface area (Å²) in [5.74, 6) is 0.636. The van der Waals surface area contributed by atoms with E-state index in [2.05, 4.69) is 32.3 Å². The van der Waals surface area contributed by atoms with Crippen LogP contribution in [0.1, 0.15) is 11.2 Å². The molecule has 31 heavy (non-hydrogen) atoms. The van der Waals surface area contributed by atoms with Crippen molar-refractivity contribution in [3.63, 3.8) is 0 Å². The fourth-order valence-corrected chi connectivity index (χ4v) is 4.81. The van der Waals surface area contributed by atoms with Crippen molar-refractivity contribution in [2.45, 2.75) is 11.6 Å². The molecule has 3 aromatic heterocycles. The molecule has 0 unspecified atom stereocenters. The fourth-order valence-electron chi connectivity index (χ4n) is 4.10. The highest BCUT2D eigenvalue weighted by Crippen LogP contribution is 2.29. The number of aromatic nitrogens is 5. The Morgan fingerprint density at radius 2 is 1.48 bits per heavy atom. The molecule has 0 bridgehead atoms. The number of fused-ring (bicyclic) bond motifs is 6. The van der Waals surface area contributed by atoms with Crippen LogP contribution in [0.5, 0.6) is 0 Å². The lowest BCUT2D eigenvalue weighted by Crippen LogP contribution is -2.11. The largest absolute Gasteiger partial charge is 0.338 e. The number of hydrogen-bond acceptors (Lipinski definition) is 5. The molecule has 0 atom stereocenters. The van der Waals surface area contributed by atoms with Gasteiger partial charge in [-0.05, 0) is 18.2 Å². The summed E-state index contributed by atoms with van der Waals surface area (Å²) in [6.07, 6.45) is 0.376. The van der Waals surface area contributed by atoms with Gasteiger partial charge >= 0.3 is 0 Å². The average Bonchev–Trinajstić information content (AvgIpc) is 3.34. The first-order valence-corrected chi connectivity index (χ1v) is 11.0. The number of carbonyl (C=O) groups excluding carboxylic acids is 1. The van der Waals surface area contributed by atoms with Crippen LogP contribution in [0.4, 0.5) is 0 Å². The van der Waals surface area contributed by atoms with Crippen LogP contribution in [0.25, 0.3) is 43.9 Å². The van der Waals surface area contributed by atoms with E-state index in [9.17, 15) is 4.79 Å². The van der Waals surface area contributed by atoms with E-state index in [1.54, 1.807) is 0 Å². The Hall–Kier alpha value is -3.71.